The number of piperidine rings is 1. The highest BCUT2D eigenvalue weighted by molar-refractivity contribution is 5.85. The Bertz CT molecular complexity index is 490. The van der Waals surface area contributed by atoms with Crippen molar-refractivity contribution in [1.82, 2.24) is 10.6 Å². The number of carbonyl (C=O) groups excluding carboxylic acids is 2. The molecule has 0 saturated carbocycles. The highest BCUT2D eigenvalue weighted by Gasteiger charge is 2.25. The summed E-state index contributed by atoms with van der Waals surface area (Å²) < 4.78 is 5.02. The van der Waals surface area contributed by atoms with Crippen LogP contribution in [0.15, 0.2) is 30.3 Å². The highest BCUT2D eigenvalue weighted by atomic mass is 35.5. The quantitative estimate of drug-likeness (QED) is 0.779. The maximum atomic E-state index is 12.4. The molecule has 2 unspecified atom stereocenters. The summed E-state index contributed by atoms with van der Waals surface area (Å²) in [4.78, 5) is 24.2. The van der Waals surface area contributed by atoms with Crippen molar-refractivity contribution in [3.05, 3.63) is 35.9 Å². The summed E-state index contributed by atoms with van der Waals surface area (Å²) in [7, 11) is 0. The number of benzene rings is 1. The van der Waals surface area contributed by atoms with Crippen LogP contribution in [0, 0.1) is 5.92 Å². The second-order valence-corrected chi connectivity index (χ2v) is 5.52. The summed E-state index contributed by atoms with van der Waals surface area (Å²) in [6, 6.07) is 9.23. The molecule has 0 spiro atoms. The van der Waals surface area contributed by atoms with E-state index in [1.54, 1.807) is 6.92 Å². The minimum absolute atomic E-state index is 0. The van der Waals surface area contributed by atoms with Gasteiger partial charge in [0.25, 0.3) is 0 Å². The van der Waals surface area contributed by atoms with Crippen molar-refractivity contribution < 1.29 is 14.3 Å². The van der Waals surface area contributed by atoms with E-state index in [4.69, 9.17) is 4.74 Å². The number of rotatable bonds is 6. The van der Waals surface area contributed by atoms with Crippen molar-refractivity contribution in [2.24, 2.45) is 5.92 Å². The normalized spacial score (nSPS) is 18.4. The van der Waals surface area contributed by atoms with Crippen molar-refractivity contribution in [1.29, 1.82) is 0 Å². The summed E-state index contributed by atoms with van der Waals surface area (Å²) in [5, 5.41) is 6.25. The first kappa shape index (κ1) is 19.5. The predicted octanol–water partition coefficient (Wildman–Crippen LogP) is 2.22. The van der Waals surface area contributed by atoms with Gasteiger partial charge in [-0.25, -0.2) is 0 Å². The Morgan fingerprint density at radius 1 is 1.35 bits per heavy atom. The van der Waals surface area contributed by atoms with E-state index in [-0.39, 0.29) is 42.7 Å². The van der Waals surface area contributed by atoms with Crippen LogP contribution in [0.4, 0.5) is 0 Å². The minimum Gasteiger partial charge on any atom is -0.466 e. The molecule has 0 radical (unpaired) electrons. The molecule has 128 valence electrons. The van der Waals surface area contributed by atoms with Gasteiger partial charge in [0.15, 0.2) is 0 Å². The van der Waals surface area contributed by atoms with Gasteiger partial charge in [0.2, 0.25) is 5.91 Å². The SMILES string of the molecule is CCOC(=O)CC(NC(=O)C1CCCNC1)c1ccccc1.Cl. The third-order valence-electron chi connectivity index (χ3n) is 3.86. The van der Waals surface area contributed by atoms with Crippen molar-refractivity contribution in [3.8, 4) is 0 Å². The van der Waals surface area contributed by atoms with Crippen LogP contribution < -0.4 is 10.6 Å². The van der Waals surface area contributed by atoms with Gasteiger partial charge in [0.1, 0.15) is 0 Å². The molecule has 1 aliphatic heterocycles. The summed E-state index contributed by atoms with van der Waals surface area (Å²) in [6.45, 7) is 3.80. The molecular formula is C17H25ClN2O3. The Labute approximate surface area is 143 Å². The zero-order valence-corrected chi connectivity index (χ0v) is 14.2. The highest BCUT2D eigenvalue weighted by Crippen LogP contribution is 2.19. The van der Waals surface area contributed by atoms with Crippen molar-refractivity contribution in [2.75, 3.05) is 19.7 Å². The molecule has 1 fully saturated rings. The zero-order chi connectivity index (χ0) is 15.8. The first-order valence-corrected chi connectivity index (χ1v) is 7.92. The van der Waals surface area contributed by atoms with Gasteiger partial charge in [0.05, 0.1) is 25.0 Å². The fraction of sp³-hybridized carbons (Fsp3) is 0.529. The van der Waals surface area contributed by atoms with Gasteiger partial charge in [0, 0.05) is 6.54 Å². The molecule has 1 amide bonds. The molecule has 2 N–H and O–H groups in total. The topological polar surface area (TPSA) is 67.4 Å². The lowest BCUT2D eigenvalue weighted by Gasteiger charge is -2.25. The molecule has 2 atom stereocenters. The smallest absolute Gasteiger partial charge is 0.308 e. The zero-order valence-electron chi connectivity index (χ0n) is 13.4. The van der Waals surface area contributed by atoms with Crippen LogP contribution in [0.3, 0.4) is 0 Å². The van der Waals surface area contributed by atoms with Crippen LogP contribution in [0.2, 0.25) is 0 Å². The first-order chi connectivity index (χ1) is 10.7. The van der Waals surface area contributed by atoms with Crippen molar-refractivity contribution in [3.63, 3.8) is 0 Å². The number of esters is 1. The number of carbonyl (C=O) groups is 2. The van der Waals surface area contributed by atoms with E-state index in [0.29, 0.717) is 13.2 Å². The summed E-state index contributed by atoms with van der Waals surface area (Å²) in [5.41, 5.74) is 0.924. The maximum absolute atomic E-state index is 12.4. The molecule has 0 aromatic heterocycles. The van der Waals surface area contributed by atoms with Crippen LogP contribution in [0.25, 0.3) is 0 Å². The number of nitrogens with one attached hydrogen (secondary N) is 2. The van der Waals surface area contributed by atoms with Gasteiger partial charge >= 0.3 is 5.97 Å². The Kier molecular flexibility index (Phi) is 8.66. The van der Waals surface area contributed by atoms with Crippen LogP contribution in [-0.4, -0.2) is 31.6 Å². The van der Waals surface area contributed by atoms with Crippen LogP contribution in [0.1, 0.15) is 37.8 Å². The van der Waals surface area contributed by atoms with E-state index in [9.17, 15) is 9.59 Å². The third-order valence-corrected chi connectivity index (χ3v) is 3.86. The number of ether oxygens (including phenoxy) is 1. The first-order valence-electron chi connectivity index (χ1n) is 7.92. The molecule has 1 saturated heterocycles. The molecule has 0 aliphatic carbocycles. The van der Waals surface area contributed by atoms with E-state index in [0.717, 1.165) is 24.9 Å². The van der Waals surface area contributed by atoms with Gasteiger partial charge in [-0.2, -0.15) is 0 Å². The summed E-state index contributed by atoms with van der Waals surface area (Å²) >= 11 is 0. The average Bonchev–Trinajstić information content (AvgIpc) is 2.56. The molecule has 1 heterocycles. The molecule has 1 aliphatic rings. The molecular weight excluding hydrogens is 316 g/mol. The Balaban J connectivity index is 0.00000264. The fourth-order valence-electron chi connectivity index (χ4n) is 2.69. The van der Waals surface area contributed by atoms with E-state index >= 15 is 0 Å². The molecule has 6 heteroatoms. The maximum Gasteiger partial charge on any atom is 0.308 e. The molecule has 5 nitrogen and oxygen atoms in total. The lowest BCUT2D eigenvalue weighted by Crippen LogP contribution is -2.42. The minimum atomic E-state index is -0.338. The molecule has 2 rings (SSSR count). The number of hydrogen-bond donors (Lipinski definition) is 2. The number of halogens is 1. The molecule has 1 aromatic rings. The fourth-order valence-corrected chi connectivity index (χ4v) is 2.69. The monoisotopic (exact) mass is 340 g/mol. The van der Waals surface area contributed by atoms with E-state index in [1.807, 2.05) is 30.3 Å². The molecule has 1 aromatic carbocycles. The Hall–Kier alpha value is -1.59. The Morgan fingerprint density at radius 3 is 2.70 bits per heavy atom. The van der Waals surface area contributed by atoms with Crippen molar-refractivity contribution >= 4 is 24.3 Å². The van der Waals surface area contributed by atoms with Crippen LogP contribution >= 0.6 is 12.4 Å². The number of amides is 1. The van der Waals surface area contributed by atoms with Gasteiger partial charge in [-0.15, -0.1) is 12.4 Å². The lowest BCUT2D eigenvalue weighted by molar-refractivity contribution is -0.144. The summed E-state index contributed by atoms with van der Waals surface area (Å²) in [5.74, 6) is -0.314. The second kappa shape index (κ2) is 10.2. The molecule has 0 bridgehead atoms. The van der Waals surface area contributed by atoms with Crippen LogP contribution in [0.5, 0.6) is 0 Å². The predicted molar refractivity (Wildman–Crippen MR) is 91.4 cm³/mol. The largest absolute Gasteiger partial charge is 0.466 e. The Morgan fingerprint density at radius 2 is 2.09 bits per heavy atom. The van der Waals surface area contributed by atoms with Crippen molar-refractivity contribution in [2.45, 2.75) is 32.2 Å². The standard InChI is InChI=1S/C17H24N2O3.ClH/c1-2-22-16(20)11-15(13-7-4-3-5-8-13)19-17(21)14-9-6-10-18-12-14;/h3-5,7-8,14-15,18H,2,6,9-12H2,1H3,(H,19,21);1H. The number of hydrogen-bond acceptors (Lipinski definition) is 4. The van der Waals surface area contributed by atoms with E-state index < -0.39 is 0 Å². The third kappa shape index (κ3) is 6.20. The van der Waals surface area contributed by atoms with Crippen LogP contribution in [-0.2, 0) is 14.3 Å². The average molecular weight is 341 g/mol. The van der Waals surface area contributed by atoms with Gasteiger partial charge < -0.3 is 15.4 Å². The van der Waals surface area contributed by atoms with Gasteiger partial charge in [-0.1, -0.05) is 30.3 Å². The summed E-state index contributed by atoms with van der Waals surface area (Å²) in [6.07, 6.45) is 2.05. The second-order valence-electron chi connectivity index (χ2n) is 5.52. The van der Waals surface area contributed by atoms with E-state index in [2.05, 4.69) is 10.6 Å². The van der Waals surface area contributed by atoms with Gasteiger partial charge in [-0.05, 0) is 31.9 Å². The van der Waals surface area contributed by atoms with E-state index in [1.165, 1.54) is 0 Å². The van der Waals surface area contributed by atoms with Gasteiger partial charge in [-0.3, -0.25) is 9.59 Å². The lowest BCUT2D eigenvalue weighted by atomic mass is 9.97. The molecule has 23 heavy (non-hydrogen) atoms.